The molecular formula is C13H16N4O3. The zero-order valence-corrected chi connectivity index (χ0v) is 11.4. The highest BCUT2D eigenvalue weighted by molar-refractivity contribution is 5.74. The number of carboxylic acid groups (broad SMARTS) is 1. The summed E-state index contributed by atoms with van der Waals surface area (Å²) in [6, 6.07) is 1.71. The quantitative estimate of drug-likeness (QED) is 0.883. The van der Waals surface area contributed by atoms with Gasteiger partial charge in [0, 0.05) is 19.4 Å². The lowest BCUT2D eigenvalue weighted by atomic mass is 10.0. The van der Waals surface area contributed by atoms with Gasteiger partial charge in [-0.2, -0.15) is 5.10 Å². The molecule has 1 aliphatic rings. The van der Waals surface area contributed by atoms with Crippen LogP contribution in [0.1, 0.15) is 5.69 Å². The number of aromatic nitrogens is 3. The Morgan fingerprint density at radius 3 is 3.10 bits per heavy atom. The predicted molar refractivity (Wildman–Crippen MR) is 71.9 cm³/mol. The summed E-state index contributed by atoms with van der Waals surface area (Å²) in [4.78, 5) is 17.5. The summed E-state index contributed by atoms with van der Waals surface area (Å²) >= 11 is 0. The topological polar surface area (TPSA) is 80.0 Å². The summed E-state index contributed by atoms with van der Waals surface area (Å²) in [7, 11) is 1.85. The number of aryl methyl sites for hydroxylation is 1. The minimum Gasteiger partial charge on any atom is -0.481 e. The highest BCUT2D eigenvalue weighted by Gasteiger charge is 2.37. The molecule has 2 atom stereocenters. The molecule has 0 radical (unpaired) electrons. The van der Waals surface area contributed by atoms with Crippen LogP contribution in [0.15, 0.2) is 18.5 Å². The minimum atomic E-state index is -0.837. The number of nitrogens with zero attached hydrogens (tertiary/aromatic N) is 4. The third-order valence-electron chi connectivity index (χ3n) is 3.69. The Hall–Kier alpha value is -2.15. The zero-order chi connectivity index (χ0) is 14.3. The van der Waals surface area contributed by atoms with E-state index < -0.39 is 11.9 Å². The number of likely N-dealkylation sites (N-methyl/N-ethyl adjacent to an activating group) is 1. The maximum atomic E-state index is 11.3. The van der Waals surface area contributed by atoms with Crippen molar-refractivity contribution >= 4 is 17.3 Å². The fourth-order valence-electron chi connectivity index (χ4n) is 2.62. The van der Waals surface area contributed by atoms with Crippen LogP contribution in [0.3, 0.4) is 0 Å². The molecule has 0 amide bonds. The Morgan fingerprint density at radius 1 is 1.55 bits per heavy atom. The number of carboxylic acids is 1. The molecule has 0 aliphatic carbocycles. The van der Waals surface area contributed by atoms with Gasteiger partial charge in [0.25, 0.3) is 0 Å². The second-order valence-corrected chi connectivity index (χ2v) is 5.03. The number of rotatable bonds is 3. The molecule has 0 bridgehead atoms. The van der Waals surface area contributed by atoms with E-state index in [-0.39, 0.29) is 12.6 Å². The third-order valence-corrected chi connectivity index (χ3v) is 3.69. The van der Waals surface area contributed by atoms with E-state index in [9.17, 15) is 9.90 Å². The molecule has 1 aliphatic heterocycles. The summed E-state index contributed by atoms with van der Waals surface area (Å²) in [5, 5.41) is 13.6. The van der Waals surface area contributed by atoms with E-state index in [0.29, 0.717) is 6.61 Å². The second kappa shape index (κ2) is 4.75. The van der Waals surface area contributed by atoms with Crippen LogP contribution >= 0.6 is 0 Å². The Balaban J connectivity index is 2.00. The molecule has 3 heterocycles. The lowest BCUT2D eigenvalue weighted by Crippen LogP contribution is -2.41. The normalized spacial score (nSPS) is 22.3. The molecule has 2 aromatic heterocycles. The van der Waals surface area contributed by atoms with E-state index in [1.165, 1.54) is 0 Å². The number of anilines is 1. The van der Waals surface area contributed by atoms with Crippen molar-refractivity contribution in [2.24, 2.45) is 5.92 Å². The van der Waals surface area contributed by atoms with Gasteiger partial charge < -0.3 is 14.7 Å². The average Bonchev–Trinajstić information content (AvgIpc) is 3.01. The van der Waals surface area contributed by atoms with E-state index in [2.05, 4.69) is 10.1 Å². The molecule has 1 N–H and O–H groups in total. The summed E-state index contributed by atoms with van der Waals surface area (Å²) < 4.78 is 7.07. The molecule has 2 unspecified atom stereocenters. The molecule has 0 spiro atoms. The van der Waals surface area contributed by atoms with Crippen LogP contribution in [0.5, 0.6) is 0 Å². The lowest BCUT2D eigenvalue weighted by molar-refractivity contribution is -0.141. The summed E-state index contributed by atoms with van der Waals surface area (Å²) in [6.45, 7) is 2.55. The maximum absolute atomic E-state index is 11.3. The van der Waals surface area contributed by atoms with Crippen LogP contribution in [0.2, 0.25) is 0 Å². The summed E-state index contributed by atoms with van der Waals surface area (Å²) in [5.74, 6) is -0.656. The van der Waals surface area contributed by atoms with Gasteiger partial charge in [-0.25, -0.2) is 9.50 Å². The monoisotopic (exact) mass is 276 g/mol. The van der Waals surface area contributed by atoms with Gasteiger partial charge in [0.05, 0.1) is 24.9 Å². The van der Waals surface area contributed by atoms with Gasteiger partial charge >= 0.3 is 5.97 Å². The van der Waals surface area contributed by atoms with Crippen LogP contribution < -0.4 is 4.90 Å². The first kappa shape index (κ1) is 12.9. The predicted octanol–water partition coefficient (Wildman–Crippen LogP) is 0.574. The number of hydrogen-bond acceptors (Lipinski definition) is 5. The standard InChI is InChI=1S/C13H16N4O3/c1-8-5-10-12(14-3-4-17(10)15-8)16(2)11-7-20-6-9(11)13(18)19/h3-5,9,11H,6-7H2,1-2H3,(H,18,19). The lowest BCUT2D eigenvalue weighted by Gasteiger charge is -2.27. The third kappa shape index (κ3) is 2.00. The van der Waals surface area contributed by atoms with Crippen molar-refractivity contribution < 1.29 is 14.6 Å². The number of ether oxygens (including phenoxy) is 1. The van der Waals surface area contributed by atoms with Gasteiger partial charge in [0.2, 0.25) is 0 Å². The van der Waals surface area contributed by atoms with E-state index in [0.717, 1.165) is 17.0 Å². The Labute approximate surface area is 115 Å². The van der Waals surface area contributed by atoms with Gasteiger partial charge in [-0.3, -0.25) is 4.79 Å². The van der Waals surface area contributed by atoms with Crippen molar-refractivity contribution in [2.45, 2.75) is 13.0 Å². The SMILES string of the molecule is Cc1cc2c(N(C)C3COCC3C(=O)O)nccn2n1. The van der Waals surface area contributed by atoms with Crippen molar-refractivity contribution in [1.82, 2.24) is 14.6 Å². The number of fused-ring (bicyclic) bond motifs is 1. The second-order valence-electron chi connectivity index (χ2n) is 5.03. The molecule has 3 rings (SSSR count). The molecule has 7 nitrogen and oxygen atoms in total. The molecule has 106 valence electrons. The smallest absolute Gasteiger partial charge is 0.311 e. The van der Waals surface area contributed by atoms with E-state index >= 15 is 0 Å². The van der Waals surface area contributed by atoms with E-state index in [4.69, 9.17) is 4.74 Å². The van der Waals surface area contributed by atoms with Crippen LogP contribution in [0.4, 0.5) is 5.82 Å². The van der Waals surface area contributed by atoms with Crippen LogP contribution in [0.25, 0.3) is 5.52 Å². The molecule has 7 heteroatoms. The number of carbonyl (C=O) groups is 1. The van der Waals surface area contributed by atoms with Gasteiger partial charge in [0.15, 0.2) is 5.82 Å². The van der Waals surface area contributed by atoms with Gasteiger partial charge in [-0.15, -0.1) is 0 Å². The zero-order valence-electron chi connectivity index (χ0n) is 11.4. The fourth-order valence-corrected chi connectivity index (χ4v) is 2.62. The van der Waals surface area contributed by atoms with Crippen LogP contribution in [-0.4, -0.2) is 52.0 Å². The van der Waals surface area contributed by atoms with Crippen molar-refractivity contribution in [1.29, 1.82) is 0 Å². The van der Waals surface area contributed by atoms with Crippen LogP contribution in [-0.2, 0) is 9.53 Å². The molecule has 1 saturated heterocycles. The van der Waals surface area contributed by atoms with Crippen LogP contribution in [0, 0.1) is 12.8 Å². The highest BCUT2D eigenvalue weighted by atomic mass is 16.5. The first-order valence-corrected chi connectivity index (χ1v) is 6.42. The first-order valence-electron chi connectivity index (χ1n) is 6.42. The number of hydrogen-bond donors (Lipinski definition) is 1. The molecule has 2 aromatic rings. The molecular weight excluding hydrogens is 260 g/mol. The minimum absolute atomic E-state index is 0.221. The largest absolute Gasteiger partial charge is 0.481 e. The maximum Gasteiger partial charge on any atom is 0.311 e. The fraction of sp³-hybridized carbons (Fsp3) is 0.462. The molecule has 1 fully saturated rings. The van der Waals surface area contributed by atoms with Gasteiger partial charge in [-0.05, 0) is 13.0 Å². The van der Waals surface area contributed by atoms with E-state index in [1.807, 2.05) is 24.9 Å². The Kier molecular flexibility index (Phi) is 3.06. The van der Waals surface area contributed by atoms with Gasteiger partial charge in [0.1, 0.15) is 11.4 Å². The van der Waals surface area contributed by atoms with E-state index in [1.54, 1.807) is 16.9 Å². The first-order chi connectivity index (χ1) is 9.58. The summed E-state index contributed by atoms with van der Waals surface area (Å²) in [6.07, 6.45) is 3.44. The van der Waals surface area contributed by atoms with Crippen molar-refractivity contribution in [3.63, 3.8) is 0 Å². The molecule has 0 saturated carbocycles. The molecule has 0 aromatic carbocycles. The highest BCUT2D eigenvalue weighted by Crippen LogP contribution is 2.26. The van der Waals surface area contributed by atoms with Crippen molar-refractivity contribution in [2.75, 3.05) is 25.2 Å². The average molecular weight is 276 g/mol. The number of aliphatic carboxylic acids is 1. The van der Waals surface area contributed by atoms with Gasteiger partial charge in [-0.1, -0.05) is 0 Å². The van der Waals surface area contributed by atoms with Crippen molar-refractivity contribution in [3.8, 4) is 0 Å². The Bertz CT molecular complexity index is 654. The summed E-state index contributed by atoms with van der Waals surface area (Å²) in [5.41, 5.74) is 1.76. The van der Waals surface area contributed by atoms with Crippen molar-refractivity contribution in [3.05, 3.63) is 24.2 Å². The molecule has 20 heavy (non-hydrogen) atoms. The Morgan fingerprint density at radius 2 is 2.35 bits per heavy atom.